The van der Waals surface area contributed by atoms with Crippen molar-refractivity contribution in [3.63, 3.8) is 0 Å². The van der Waals surface area contributed by atoms with Crippen LogP contribution >= 0.6 is 15.9 Å². The predicted octanol–water partition coefficient (Wildman–Crippen LogP) is 2.22. The van der Waals surface area contributed by atoms with E-state index in [9.17, 15) is 5.11 Å². The fourth-order valence-electron chi connectivity index (χ4n) is 1.75. The number of halogens is 1. The van der Waals surface area contributed by atoms with Crippen molar-refractivity contribution in [3.05, 3.63) is 34.3 Å². The molecule has 1 aromatic rings. The number of aliphatic hydroxyl groups excluding tert-OH is 1. The first-order chi connectivity index (χ1) is 6.68. The number of benzene rings is 1. The Hall–Kier alpha value is -0.380. The zero-order chi connectivity index (χ0) is 10.2. The van der Waals surface area contributed by atoms with Gasteiger partial charge in [-0.05, 0) is 30.5 Å². The average Bonchev–Trinajstić information content (AvgIpc) is 2.99. The lowest BCUT2D eigenvalue weighted by molar-refractivity contribution is 0.188. The molecule has 3 heteroatoms. The van der Waals surface area contributed by atoms with E-state index in [-0.39, 0.29) is 18.1 Å². The van der Waals surface area contributed by atoms with Gasteiger partial charge in [-0.2, -0.15) is 0 Å². The Balaban J connectivity index is 2.19. The first-order valence-corrected chi connectivity index (χ1v) is 5.59. The van der Waals surface area contributed by atoms with Crippen LogP contribution in [0.15, 0.2) is 28.7 Å². The zero-order valence-corrected chi connectivity index (χ0v) is 9.50. The number of hydrogen-bond acceptors (Lipinski definition) is 2. The third kappa shape index (κ3) is 1.72. The van der Waals surface area contributed by atoms with E-state index in [4.69, 9.17) is 5.73 Å². The van der Waals surface area contributed by atoms with Gasteiger partial charge in [0.1, 0.15) is 0 Å². The Morgan fingerprint density at radius 3 is 2.36 bits per heavy atom. The van der Waals surface area contributed by atoms with Crippen molar-refractivity contribution in [1.29, 1.82) is 0 Å². The SMILES string of the molecule is NC(c1ccc(Br)cc1)C1(CO)CC1. The van der Waals surface area contributed by atoms with Crippen molar-refractivity contribution in [2.75, 3.05) is 6.61 Å². The molecular formula is C11H14BrNO. The molecule has 1 fully saturated rings. The van der Waals surface area contributed by atoms with Gasteiger partial charge in [0.25, 0.3) is 0 Å². The smallest absolute Gasteiger partial charge is 0.0505 e. The van der Waals surface area contributed by atoms with Crippen LogP contribution < -0.4 is 5.73 Å². The molecule has 0 heterocycles. The van der Waals surface area contributed by atoms with Crippen LogP contribution in [0.2, 0.25) is 0 Å². The van der Waals surface area contributed by atoms with Gasteiger partial charge < -0.3 is 10.8 Å². The summed E-state index contributed by atoms with van der Waals surface area (Å²) < 4.78 is 1.06. The number of rotatable bonds is 3. The van der Waals surface area contributed by atoms with Gasteiger partial charge in [-0.25, -0.2) is 0 Å². The molecule has 3 N–H and O–H groups in total. The van der Waals surface area contributed by atoms with Crippen LogP contribution in [0.5, 0.6) is 0 Å². The molecule has 76 valence electrons. The maximum atomic E-state index is 9.25. The molecule has 14 heavy (non-hydrogen) atoms. The molecule has 1 saturated carbocycles. The van der Waals surface area contributed by atoms with Gasteiger partial charge >= 0.3 is 0 Å². The molecule has 2 rings (SSSR count). The van der Waals surface area contributed by atoms with E-state index >= 15 is 0 Å². The normalized spacial score (nSPS) is 20.5. The van der Waals surface area contributed by atoms with Gasteiger partial charge in [0.05, 0.1) is 6.61 Å². The molecule has 0 radical (unpaired) electrons. The van der Waals surface area contributed by atoms with Gasteiger partial charge in [-0.3, -0.25) is 0 Å². The number of hydrogen-bond donors (Lipinski definition) is 2. The van der Waals surface area contributed by atoms with Crippen LogP contribution in [-0.4, -0.2) is 11.7 Å². The lowest BCUT2D eigenvalue weighted by atomic mass is 9.92. The molecule has 2 nitrogen and oxygen atoms in total. The topological polar surface area (TPSA) is 46.2 Å². The number of nitrogens with two attached hydrogens (primary N) is 1. The summed E-state index contributed by atoms with van der Waals surface area (Å²) in [6, 6.07) is 7.99. The van der Waals surface area contributed by atoms with Gasteiger partial charge in [0.15, 0.2) is 0 Å². The van der Waals surface area contributed by atoms with Crippen molar-refractivity contribution in [2.24, 2.45) is 11.1 Å². The third-order valence-corrected chi connectivity index (χ3v) is 3.62. The Morgan fingerprint density at radius 2 is 1.93 bits per heavy atom. The minimum absolute atomic E-state index is 0.0272. The minimum Gasteiger partial charge on any atom is -0.396 e. The molecule has 1 aliphatic carbocycles. The summed E-state index contributed by atoms with van der Waals surface area (Å²) in [4.78, 5) is 0. The Labute approximate surface area is 92.3 Å². The fraction of sp³-hybridized carbons (Fsp3) is 0.455. The van der Waals surface area contributed by atoms with Crippen molar-refractivity contribution in [2.45, 2.75) is 18.9 Å². The maximum Gasteiger partial charge on any atom is 0.0505 e. The lowest BCUT2D eigenvalue weighted by Gasteiger charge is -2.21. The highest BCUT2D eigenvalue weighted by atomic mass is 79.9. The molecule has 0 saturated heterocycles. The molecule has 1 aliphatic rings. The molecular weight excluding hydrogens is 242 g/mol. The van der Waals surface area contributed by atoms with Crippen molar-refractivity contribution < 1.29 is 5.11 Å². The number of aliphatic hydroxyl groups is 1. The van der Waals surface area contributed by atoms with Crippen LogP contribution in [0.3, 0.4) is 0 Å². The highest BCUT2D eigenvalue weighted by Gasteiger charge is 2.47. The monoisotopic (exact) mass is 255 g/mol. The van der Waals surface area contributed by atoms with Gasteiger partial charge in [0.2, 0.25) is 0 Å². The summed E-state index contributed by atoms with van der Waals surface area (Å²) in [5.41, 5.74) is 7.20. The van der Waals surface area contributed by atoms with Gasteiger partial charge in [-0.1, -0.05) is 28.1 Å². The van der Waals surface area contributed by atoms with Crippen LogP contribution in [0.1, 0.15) is 24.4 Å². The van der Waals surface area contributed by atoms with E-state index in [1.165, 1.54) is 0 Å². The van der Waals surface area contributed by atoms with Crippen LogP contribution in [0.4, 0.5) is 0 Å². The average molecular weight is 256 g/mol. The molecule has 1 unspecified atom stereocenters. The van der Waals surface area contributed by atoms with E-state index in [0.717, 1.165) is 22.9 Å². The molecule has 0 aliphatic heterocycles. The van der Waals surface area contributed by atoms with E-state index in [2.05, 4.69) is 15.9 Å². The largest absolute Gasteiger partial charge is 0.396 e. The van der Waals surface area contributed by atoms with E-state index < -0.39 is 0 Å². The van der Waals surface area contributed by atoms with Crippen molar-refractivity contribution in [3.8, 4) is 0 Å². The second kappa shape index (κ2) is 3.65. The van der Waals surface area contributed by atoms with Crippen molar-refractivity contribution in [1.82, 2.24) is 0 Å². The summed E-state index contributed by atoms with van der Waals surface area (Å²) in [6.07, 6.45) is 2.08. The standard InChI is InChI=1S/C11H14BrNO/c12-9-3-1-8(2-4-9)10(13)11(7-14)5-6-11/h1-4,10,14H,5-7,13H2. The van der Waals surface area contributed by atoms with E-state index in [0.29, 0.717) is 0 Å². The summed E-state index contributed by atoms with van der Waals surface area (Å²) in [5, 5.41) is 9.25. The second-order valence-corrected chi connectivity index (χ2v) is 4.97. The third-order valence-electron chi connectivity index (χ3n) is 3.10. The minimum atomic E-state index is -0.0339. The fourth-order valence-corrected chi connectivity index (χ4v) is 2.02. The molecule has 0 aromatic heterocycles. The van der Waals surface area contributed by atoms with Crippen LogP contribution in [-0.2, 0) is 0 Å². The highest BCUT2D eigenvalue weighted by molar-refractivity contribution is 9.10. The first kappa shape index (κ1) is 10.1. The molecule has 0 amide bonds. The lowest BCUT2D eigenvalue weighted by Crippen LogP contribution is -2.25. The van der Waals surface area contributed by atoms with E-state index in [1.54, 1.807) is 0 Å². The molecule has 1 atom stereocenters. The summed E-state index contributed by atoms with van der Waals surface area (Å²) >= 11 is 3.39. The zero-order valence-electron chi connectivity index (χ0n) is 7.91. The highest BCUT2D eigenvalue weighted by Crippen LogP contribution is 2.53. The Morgan fingerprint density at radius 1 is 1.36 bits per heavy atom. The quantitative estimate of drug-likeness (QED) is 0.871. The summed E-state index contributed by atoms with van der Waals surface area (Å²) in [6.45, 7) is 0.199. The Bertz CT molecular complexity index is 319. The second-order valence-electron chi connectivity index (χ2n) is 4.05. The summed E-state index contributed by atoms with van der Waals surface area (Å²) in [5.74, 6) is 0. The maximum absolute atomic E-state index is 9.25. The predicted molar refractivity (Wildman–Crippen MR) is 59.8 cm³/mol. The van der Waals surface area contributed by atoms with Gasteiger partial charge in [0, 0.05) is 15.9 Å². The Kier molecular flexibility index (Phi) is 2.64. The van der Waals surface area contributed by atoms with Crippen LogP contribution in [0, 0.1) is 5.41 Å². The molecule has 0 bridgehead atoms. The van der Waals surface area contributed by atoms with Gasteiger partial charge in [-0.15, -0.1) is 0 Å². The molecule has 0 spiro atoms. The van der Waals surface area contributed by atoms with E-state index in [1.807, 2.05) is 24.3 Å². The van der Waals surface area contributed by atoms with Crippen LogP contribution in [0.25, 0.3) is 0 Å². The first-order valence-electron chi connectivity index (χ1n) is 4.80. The van der Waals surface area contributed by atoms with Crippen molar-refractivity contribution >= 4 is 15.9 Å². The molecule has 1 aromatic carbocycles. The summed E-state index contributed by atoms with van der Waals surface area (Å²) in [7, 11) is 0.